The van der Waals surface area contributed by atoms with Crippen LogP contribution in [0.1, 0.15) is 23.5 Å². The maximum atomic E-state index is 11.4. The maximum absolute atomic E-state index is 11.4. The Labute approximate surface area is 122 Å². The van der Waals surface area contributed by atoms with Crippen LogP contribution in [0.2, 0.25) is 0 Å². The molecule has 2 atom stereocenters. The molecular weight excluding hydrogens is 268 g/mol. The standard InChI is InChI=1S/C17H14O4/c18-15-9-12-16-13(19-10-11-5-2-1-3-6-11)7-4-8-14(16)20-17(12)21-15/h1-8,12,17H,9-10H2/t12-,17-/m1/s1. The summed E-state index contributed by atoms with van der Waals surface area (Å²) in [6.45, 7) is 0.490. The van der Waals surface area contributed by atoms with E-state index in [1.165, 1.54) is 0 Å². The second-order valence-electron chi connectivity index (χ2n) is 5.23. The van der Waals surface area contributed by atoms with Crippen LogP contribution in [-0.4, -0.2) is 12.3 Å². The van der Waals surface area contributed by atoms with Gasteiger partial charge in [-0.1, -0.05) is 36.4 Å². The van der Waals surface area contributed by atoms with Crippen molar-refractivity contribution in [1.82, 2.24) is 0 Å². The van der Waals surface area contributed by atoms with Gasteiger partial charge in [0.1, 0.15) is 18.1 Å². The Bertz CT molecular complexity index is 680. The Morgan fingerprint density at radius 3 is 2.76 bits per heavy atom. The molecule has 0 N–H and O–H groups in total. The number of benzene rings is 2. The van der Waals surface area contributed by atoms with Crippen LogP contribution >= 0.6 is 0 Å². The summed E-state index contributed by atoms with van der Waals surface area (Å²) < 4.78 is 16.8. The minimum absolute atomic E-state index is 0.0560. The number of carbonyl (C=O) groups is 1. The van der Waals surface area contributed by atoms with Crippen LogP contribution in [0.5, 0.6) is 11.5 Å². The summed E-state index contributed by atoms with van der Waals surface area (Å²) in [5.41, 5.74) is 2.05. The average Bonchev–Trinajstić information content (AvgIpc) is 3.02. The molecule has 0 spiro atoms. The largest absolute Gasteiger partial charge is 0.488 e. The topological polar surface area (TPSA) is 44.8 Å². The summed E-state index contributed by atoms with van der Waals surface area (Å²) in [4.78, 5) is 11.4. The number of ether oxygens (including phenoxy) is 3. The van der Waals surface area contributed by atoms with Crippen LogP contribution in [0.4, 0.5) is 0 Å². The average molecular weight is 282 g/mol. The first-order chi connectivity index (χ1) is 10.3. The third-order valence-corrected chi connectivity index (χ3v) is 3.84. The molecule has 2 heterocycles. The molecule has 1 saturated heterocycles. The van der Waals surface area contributed by atoms with Gasteiger partial charge in [0.2, 0.25) is 0 Å². The summed E-state index contributed by atoms with van der Waals surface area (Å²) in [5.74, 6) is 1.25. The van der Waals surface area contributed by atoms with Crippen molar-refractivity contribution in [3.05, 3.63) is 59.7 Å². The molecule has 4 rings (SSSR count). The smallest absolute Gasteiger partial charge is 0.309 e. The minimum Gasteiger partial charge on any atom is -0.488 e. The van der Waals surface area contributed by atoms with Crippen LogP contribution in [0, 0.1) is 0 Å². The van der Waals surface area contributed by atoms with Gasteiger partial charge in [0, 0.05) is 5.56 Å². The third kappa shape index (κ3) is 2.13. The van der Waals surface area contributed by atoms with Crippen molar-refractivity contribution < 1.29 is 19.0 Å². The molecule has 1 fully saturated rings. The molecule has 0 saturated carbocycles. The summed E-state index contributed by atoms with van der Waals surface area (Å²) in [6, 6.07) is 15.7. The zero-order valence-electron chi connectivity index (χ0n) is 11.3. The van der Waals surface area contributed by atoms with Gasteiger partial charge in [0.15, 0.2) is 0 Å². The van der Waals surface area contributed by atoms with E-state index >= 15 is 0 Å². The van der Waals surface area contributed by atoms with Gasteiger partial charge in [0.25, 0.3) is 6.29 Å². The highest BCUT2D eigenvalue weighted by atomic mass is 16.7. The van der Waals surface area contributed by atoms with Crippen LogP contribution in [-0.2, 0) is 16.1 Å². The fourth-order valence-corrected chi connectivity index (χ4v) is 2.86. The SMILES string of the molecule is O=C1C[C@@H]2c3c(OCc4ccccc4)cccc3O[C@@H]2O1. The van der Waals surface area contributed by atoms with E-state index in [-0.39, 0.29) is 11.9 Å². The quantitative estimate of drug-likeness (QED) is 0.812. The van der Waals surface area contributed by atoms with Crippen LogP contribution < -0.4 is 9.47 Å². The van der Waals surface area contributed by atoms with Crippen LogP contribution in [0.3, 0.4) is 0 Å². The lowest BCUT2D eigenvalue weighted by Crippen LogP contribution is -2.14. The van der Waals surface area contributed by atoms with E-state index in [1.807, 2.05) is 48.5 Å². The molecule has 106 valence electrons. The molecule has 2 aliphatic heterocycles. The molecule has 0 unspecified atom stereocenters. The number of rotatable bonds is 3. The van der Waals surface area contributed by atoms with Gasteiger partial charge in [-0.15, -0.1) is 0 Å². The van der Waals surface area contributed by atoms with Crippen molar-refractivity contribution in [2.75, 3.05) is 0 Å². The lowest BCUT2D eigenvalue weighted by Gasteiger charge is -2.11. The summed E-state index contributed by atoms with van der Waals surface area (Å²) in [5, 5.41) is 0. The second kappa shape index (κ2) is 4.81. The van der Waals surface area contributed by atoms with Crippen molar-refractivity contribution in [1.29, 1.82) is 0 Å². The van der Waals surface area contributed by atoms with E-state index in [9.17, 15) is 4.79 Å². The number of esters is 1. The van der Waals surface area contributed by atoms with Crippen molar-refractivity contribution in [3.8, 4) is 11.5 Å². The molecule has 0 aliphatic carbocycles. The molecule has 0 radical (unpaired) electrons. The predicted molar refractivity (Wildman–Crippen MR) is 75.1 cm³/mol. The van der Waals surface area contributed by atoms with Crippen LogP contribution in [0.15, 0.2) is 48.5 Å². The zero-order chi connectivity index (χ0) is 14.2. The van der Waals surface area contributed by atoms with Crippen molar-refractivity contribution >= 4 is 5.97 Å². The van der Waals surface area contributed by atoms with Crippen LogP contribution in [0.25, 0.3) is 0 Å². The van der Waals surface area contributed by atoms with Crippen molar-refractivity contribution in [3.63, 3.8) is 0 Å². The Morgan fingerprint density at radius 2 is 1.90 bits per heavy atom. The summed E-state index contributed by atoms with van der Waals surface area (Å²) in [7, 11) is 0. The Morgan fingerprint density at radius 1 is 1.05 bits per heavy atom. The summed E-state index contributed by atoms with van der Waals surface area (Å²) >= 11 is 0. The molecule has 4 heteroatoms. The van der Waals surface area contributed by atoms with Gasteiger partial charge in [-0.2, -0.15) is 0 Å². The van der Waals surface area contributed by atoms with E-state index in [0.717, 1.165) is 22.6 Å². The molecule has 0 bridgehead atoms. The molecule has 4 nitrogen and oxygen atoms in total. The molecular formula is C17H14O4. The van der Waals surface area contributed by atoms with E-state index in [1.54, 1.807) is 0 Å². The van der Waals surface area contributed by atoms with Gasteiger partial charge >= 0.3 is 5.97 Å². The Kier molecular flexibility index (Phi) is 2.81. The molecule has 21 heavy (non-hydrogen) atoms. The molecule has 2 aromatic rings. The first-order valence-corrected chi connectivity index (χ1v) is 6.97. The highest BCUT2D eigenvalue weighted by Crippen LogP contribution is 2.48. The Balaban J connectivity index is 1.60. The second-order valence-corrected chi connectivity index (χ2v) is 5.23. The minimum atomic E-state index is -0.492. The van der Waals surface area contributed by atoms with Crippen molar-refractivity contribution in [2.24, 2.45) is 0 Å². The fourth-order valence-electron chi connectivity index (χ4n) is 2.86. The van der Waals surface area contributed by atoms with Gasteiger partial charge < -0.3 is 14.2 Å². The van der Waals surface area contributed by atoms with Crippen molar-refractivity contribution in [2.45, 2.75) is 25.2 Å². The lowest BCUT2D eigenvalue weighted by atomic mass is 9.97. The maximum Gasteiger partial charge on any atom is 0.309 e. The number of hydrogen-bond donors (Lipinski definition) is 0. The molecule has 0 aromatic heterocycles. The van der Waals surface area contributed by atoms with E-state index in [0.29, 0.717) is 13.0 Å². The summed E-state index contributed by atoms with van der Waals surface area (Å²) in [6.07, 6.45) is -0.141. The fraction of sp³-hybridized carbons (Fsp3) is 0.235. The van der Waals surface area contributed by atoms with Gasteiger partial charge in [0.05, 0.1) is 12.3 Å². The normalized spacial score (nSPS) is 22.2. The third-order valence-electron chi connectivity index (χ3n) is 3.84. The number of fused-ring (bicyclic) bond motifs is 3. The zero-order valence-corrected chi connectivity index (χ0v) is 11.3. The first-order valence-electron chi connectivity index (χ1n) is 6.97. The van der Waals surface area contributed by atoms with Gasteiger partial charge in [-0.05, 0) is 17.7 Å². The molecule has 0 amide bonds. The first kappa shape index (κ1) is 12.3. The van der Waals surface area contributed by atoms with E-state index in [4.69, 9.17) is 14.2 Å². The van der Waals surface area contributed by atoms with E-state index in [2.05, 4.69) is 0 Å². The Hall–Kier alpha value is -2.49. The number of hydrogen-bond acceptors (Lipinski definition) is 4. The monoisotopic (exact) mass is 282 g/mol. The predicted octanol–water partition coefficient (Wildman–Crippen LogP) is 3.01. The highest BCUT2D eigenvalue weighted by molar-refractivity contribution is 5.75. The van der Waals surface area contributed by atoms with E-state index < -0.39 is 6.29 Å². The lowest BCUT2D eigenvalue weighted by molar-refractivity contribution is -0.150. The number of carbonyl (C=O) groups excluding carboxylic acids is 1. The molecule has 2 aromatic carbocycles. The van der Waals surface area contributed by atoms with Gasteiger partial charge in [-0.3, -0.25) is 4.79 Å². The van der Waals surface area contributed by atoms with Gasteiger partial charge in [-0.25, -0.2) is 0 Å². The highest BCUT2D eigenvalue weighted by Gasteiger charge is 2.45. The molecule has 2 aliphatic rings.